The van der Waals surface area contributed by atoms with Gasteiger partial charge in [-0.25, -0.2) is 0 Å². The van der Waals surface area contributed by atoms with Crippen molar-refractivity contribution in [1.29, 1.82) is 0 Å². The van der Waals surface area contributed by atoms with Crippen molar-refractivity contribution in [2.75, 3.05) is 16.2 Å². The number of anilines is 2. The molecule has 29 heavy (non-hydrogen) atoms. The first-order chi connectivity index (χ1) is 13.9. The SMILES string of the molecule is O=C(Nc1nnc(S(=O)(=O)N2CCc3ccccc32)s1)c1cccc([N+](=O)[O-])c1. The molecular weight excluding hydrogens is 418 g/mol. The second kappa shape index (κ2) is 7.22. The molecule has 0 saturated heterocycles. The summed E-state index contributed by atoms with van der Waals surface area (Å²) in [6.45, 7) is 0.302. The Morgan fingerprint density at radius 3 is 2.76 bits per heavy atom. The third kappa shape index (κ3) is 3.54. The van der Waals surface area contributed by atoms with E-state index in [2.05, 4.69) is 15.5 Å². The number of amides is 1. The molecule has 3 aromatic rings. The van der Waals surface area contributed by atoms with Gasteiger partial charge in [-0.3, -0.25) is 24.5 Å². The number of nitro benzene ring substituents is 1. The van der Waals surface area contributed by atoms with E-state index >= 15 is 0 Å². The van der Waals surface area contributed by atoms with Crippen LogP contribution in [0.4, 0.5) is 16.5 Å². The van der Waals surface area contributed by atoms with Gasteiger partial charge in [-0.2, -0.15) is 8.42 Å². The molecule has 0 spiro atoms. The Balaban J connectivity index is 1.55. The Morgan fingerprint density at radius 1 is 1.17 bits per heavy atom. The molecule has 0 radical (unpaired) electrons. The number of nitro groups is 1. The highest BCUT2D eigenvalue weighted by Crippen LogP contribution is 2.34. The van der Waals surface area contributed by atoms with Gasteiger partial charge in [0.2, 0.25) is 5.13 Å². The van der Waals surface area contributed by atoms with Crippen molar-refractivity contribution in [2.24, 2.45) is 0 Å². The zero-order chi connectivity index (χ0) is 20.6. The zero-order valence-corrected chi connectivity index (χ0v) is 16.3. The lowest BCUT2D eigenvalue weighted by atomic mass is 10.2. The van der Waals surface area contributed by atoms with Gasteiger partial charge in [-0.05, 0) is 24.1 Å². The Bertz CT molecular complexity index is 1220. The number of carbonyl (C=O) groups excluding carboxylic acids is 1. The molecular formula is C17H13N5O5S2. The minimum atomic E-state index is -3.91. The number of fused-ring (bicyclic) bond motifs is 1. The van der Waals surface area contributed by atoms with Crippen LogP contribution in [0.1, 0.15) is 15.9 Å². The van der Waals surface area contributed by atoms with Crippen LogP contribution in [-0.4, -0.2) is 36.0 Å². The maximum atomic E-state index is 12.9. The predicted molar refractivity (Wildman–Crippen MR) is 106 cm³/mol. The molecule has 12 heteroatoms. The highest BCUT2D eigenvalue weighted by Gasteiger charge is 2.33. The monoisotopic (exact) mass is 431 g/mol. The van der Waals surface area contributed by atoms with Crippen molar-refractivity contribution in [3.63, 3.8) is 0 Å². The van der Waals surface area contributed by atoms with E-state index < -0.39 is 20.9 Å². The molecule has 0 bridgehead atoms. The summed E-state index contributed by atoms with van der Waals surface area (Å²) >= 11 is 0.717. The summed E-state index contributed by atoms with van der Waals surface area (Å²) in [6.07, 6.45) is 0.602. The lowest BCUT2D eigenvalue weighted by Crippen LogP contribution is -2.29. The summed E-state index contributed by atoms with van der Waals surface area (Å²) in [5, 5.41) is 20.7. The molecule has 2 heterocycles. The number of hydrogen-bond donors (Lipinski definition) is 1. The molecule has 148 valence electrons. The molecule has 0 atom stereocenters. The van der Waals surface area contributed by atoms with Gasteiger partial charge in [0, 0.05) is 24.2 Å². The van der Waals surface area contributed by atoms with Crippen molar-refractivity contribution < 1.29 is 18.1 Å². The second-order valence-electron chi connectivity index (χ2n) is 6.09. The van der Waals surface area contributed by atoms with E-state index in [1.807, 2.05) is 12.1 Å². The molecule has 1 aliphatic heterocycles. The van der Waals surface area contributed by atoms with Gasteiger partial charge in [0.25, 0.3) is 26.0 Å². The maximum absolute atomic E-state index is 12.9. The van der Waals surface area contributed by atoms with Crippen LogP contribution < -0.4 is 9.62 Å². The molecule has 0 fully saturated rings. The maximum Gasteiger partial charge on any atom is 0.293 e. The van der Waals surface area contributed by atoms with Crippen LogP contribution in [0, 0.1) is 10.1 Å². The number of nitrogens with zero attached hydrogens (tertiary/aromatic N) is 4. The standard InChI is InChI=1S/C17H13N5O5S2/c23-15(12-5-3-6-13(10-12)22(24)25)18-16-19-20-17(28-16)29(26,27)21-9-8-11-4-1-2-7-14(11)21/h1-7,10H,8-9H2,(H,18,19,23). The highest BCUT2D eigenvalue weighted by atomic mass is 32.2. The zero-order valence-electron chi connectivity index (χ0n) is 14.7. The van der Waals surface area contributed by atoms with Gasteiger partial charge in [0.15, 0.2) is 0 Å². The Labute approximate surface area is 169 Å². The van der Waals surface area contributed by atoms with Crippen LogP contribution in [0.15, 0.2) is 52.9 Å². The van der Waals surface area contributed by atoms with Gasteiger partial charge in [-0.1, -0.05) is 35.6 Å². The van der Waals surface area contributed by atoms with Crippen LogP contribution in [-0.2, 0) is 16.4 Å². The quantitative estimate of drug-likeness (QED) is 0.372. The van der Waals surface area contributed by atoms with Gasteiger partial charge in [0.05, 0.1) is 10.6 Å². The van der Waals surface area contributed by atoms with Crippen molar-refractivity contribution in [2.45, 2.75) is 10.8 Å². The normalized spacial score (nSPS) is 13.2. The first-order valence-electron chi connectivity index (χ1n) is 8.36. The first kappa shape index (κ1) is 19.0. The fraction of sp³-hybridized carbons (Fsp3) is 0.118. The summed E-state index contributed by atoms with van der Waals surface area (Å²) in [6, 6.07) is 12.4. The molecule has 1 N–H and O–H groups in total. The number of nitrogens with one attached hydrogen (secondary N) is 1. The van der Waals surface area contributed by atoms with E-state index in [4.69, 9.17) is 0 Å². The number of para-hydroxylation sites is 1. The van der Waals surface area contributed by atoms with Gasteiger partial charge >= 0.3 is 0 Å². The molecule has 0 aliphatic carbocycles. The molecule has 2 aromatic carbocycles. The number of hydrogen-bond acceptors (Lipinski definition) is 8. The van der Waals surface area contributed by atoms with Crippen LogP contribution in [0.3, 0.4) is 0 Å². The minimum absolute atomic E-state index is 0.0208. The minimum Gasteiger partial charge on any atom is -0.296 e. The van der Waals surface area contributed by atoms with E-state index in [1.165, 1.54) is 22.5 Å². The number of aromatic nitrogens is 2. The predicted octanol–water partition coefficient (Wildman–Crippen LogP) is 2.45. The van der Waals surface area contributed by atoms with Crippen molar-refractivity contribution in [3.05, 3.63) is 69.8 Å². The van der Waals surface area contributed by atoms with Crippen LogP contribution >= 0.6 is 11.3 Å². The number of benzene rings is 2. The highest BCUT2D eigenvalue weighted by molar-refractivity contribution is 7.94. The molecule has 1 aromatic heterocycles. The van der Waals surface area contributed by atoms with Crippen molar-refractivity contribution in [3.8, 4) is 0 Å². The Kier molecular flexibility index (Phi) is 4.72. The third-order valence-electron chi connectivity index (χ3n) is 4.30. The topological polar surface area (TPSA) is 135 Å². The number of non-ortho nitro benzene ring substituents is 1. The number of sulfonamides is 1. The number of rotatable bonds is 5. The fourth-order valence-corrected chi connectivity index (χ4v) is 5.45. The largest absolute Gasteiger partial charge is 0.296 e. The van der Waals surface area contributed by atoms with Gasteiger partial charge in [-0.15, -0.1) is 10.2 Å². The molecule has 4 rings (SSSR count). The van der Waals surface area contributed by atoms with E-state index in [9.17, 15) is 23.3 Å². The molecule has 0 saturated carbocycles. The summed E-state index contributed by atoms with van der Waals surface area (Å²) in [4.78, 5) is 22.5. The lowest BCUT2D eigenvalue weighted by molar-refractivity contribution is -0.384. The first-order valence-corrected chi connectivity index (χ1v) is 10.6. The number of carbonyl (C=O) groups is 1. The molecule has 1 aliphatic rings. The van der Waals surface area contributed by atoms with Gasteiger partial charge < -0.3 is 0 Å². The smallest absolute Gasteiger partial charge is 0.293 e. The average molecular weight is 431 g/mol. The second-order valence-corrected chi connectivity index (χ2v) is 9.10. The Morgan fingerprint density at radius 2 is 1.97 bits per heavy atom. The summed E-state index contributed by atoms with van der Waals surface area (Å²) in [5.41, 5.74) is 1.35. The van der Waals surface area contributed by atoms with Crippen LogP contribution in [0.25, 0.3) is 0 Å². The van der Waals surface area contributed by atoms with E-state index in [1.54, 1.807) is 12.1 Å². The fourth-order valence-electron chi connectivity index (χ4n) is 2.95. The lowest BCUT2D eigenvalue weighted by Gasteiger charge is -2.17. The third-order valence-corrected chi connectivity index (χ3v) is 7.30. The molecule has 1 amide bonds. The van der Waals surface area contributed by atoms with E-state index in [0.717, 1.165) is 23.0 Å². The summed E-state index contributed by atoms with van der Waals surface area (Å²) in [5.74, 6) is -0.652. The summed E-state index contributed by atoms with van der Waals surface area (Å²) < 4.78 is 26.9. The molecule has 10 nitrogen and oxygen atoms in total. The average Bonchev–Trinajstić information content (AvgIpc) is 3.35. The summed E-state index contributed by atoms with van der Waals surface area (Å²) in [7, 11) is -3.91. The van der Waals surface area contributed by atoms with Gasteiger partial charge in [0.1, 0.15) is 0 Å². The van der Waals surface area contributed by atoms with Crippen molar-refractivity contribution >= 4 is 43.8 Å². The van der Waals surface area contributed by atoms with Crippen LogP contribution in [0.5, 0.6) is 0 Å². The van der Waals surface area contributed by atoms with Crippen molar-refractivity contribution in [1.82, 2.24) is 10.2 Å². The van der Waals surface area contributed by atoms with E-state index in [0.29, 0.717) is 18.7 Å². The van der Waals surface area contributed by atoms with E-state index in [-0.39, 0.29) is 20.7 Å². The molecule has 0 unspecified atom stereocenters. The Hall–Kier alpha value is -3.38. The van der Waals surface area contributed by atoms with Crippen LogP contribution in [0.2, 0.25) is 0 Å².